The molecule has 0 atom stereocenters. The molecular weight excluding hydrogens is 1000 g/mol. The summed E-state index contributed by atoms with van der Waals surface area (Å²) in [6.45, 7) is 11.7. The molecule has 0 aliphatic heterocycles. The van der Waals surface area contributed by atoms with E-state index in [4.69, 9.17) is 4.74 Å². The molecule has 2 aromatic carbocycles. The monoisotopic (exact) mass is 1150 g/mol. The van der Waals surface area contributed by atoms with Crippen LogP contribution in [-0.4, -0.2) is 0 Å². The molecule has 0 bridgehead atoms. The first-order valence-corrected chi connectivity index (χ1v) is 39.1. The van der Waals surface area contributed by atoms with E-state index in [-0.39, 0.29) is 0 Å². The predicted molar refractivity (Wildman–Crippen MR) is 377 cm³/mol. The Morgan fingerprint density at radius 3 is 0.723 bits per heavy atom. The van der Waals surface area contributed by atoms with Crippen molar-refractivity contribution in [3.63, 3.8) is 0 Å². The molecule has 0 unspecified atom stereocenters. The number of ether oxygens (including phenoxy) is 1. The molecule has 0 fully saturated rings. The lowest BCUT2D eigenvalue weighted by atomic mass is 9.89. The zero-order valence-corrected chi connectivity index (χ0v) is 57.8. The Morgan fingerprint density at radius 1 is 0.193 bits per heavy atom. The average Bonchev–Trinajstić information content (AvgIpc) is 3.68. The Balaban J connectivity index is 2.29. The summed E-state index contributed by atoms with van der Waals surface area (Å²) in [5.41, 5.74) is 7.98. The van der Waals surface area contributed by atoms with Crippen molar-refractivity contribution in [3.8, 4) is 11.5 Å². The smallest absolute Gasteiger partial charge is 0.130 e. The highest BCUT2D eigenvalue weighted by Crippen LogP contribution is 2.36. The highest BCUT2D eigenvalue weighted by atomic mass is 16.5. The molecule has 1 nitrogen and oxygen atoms in total. The van der Waals surface area contributed by atoms with Gasteiger partial charge in [0.2, 0.25) is 0 Å². The van der Waals surface area contributed by atoms with Crippen LogP contribution in [0.5, 0.6) is 11.5 Å². The van der Waals surface area contributed by atoms with E-state index in [1.54, 1.807) is 22.3 Å². The number of aryl methyl sites for hydroxylation is 3. The van der Waals surface area contributed by atoms with Crippen LogP contribution in [0.15, 0.2) is 30.3 Å². The Labute approximate surface area is 523 Å². The molecule has 2 rings (SSSR count). The van der Waals surface area contributed by atoms with Crippen LogP contribution in [0.2, 0.25) is 0 Å². The second-order valence-corrected chi connectivity index (χ2v) is 27.4. The topological polar surface area (TPSA) is 9.23 Å². The molecule has 0 aromatic heterocycles. The molecule has 0 aliphatic rings. The molecule has 0 N–H and O–H groups in total. The molecule has 0 amide bonds. The van der Waals surface area contributed by atoms with Gasteiger partial charge in [0.25, 0.3) is 0 Å². The molecule has 0 saturated heterocycles. The summed E-state index contributed by atoms with van der Waals surface area (Å²) in [6.07, 6.45) is 90.7. The minimum absolute atomic E-state index is 1.15. The van der Waals surface area contributed by atoms with Crippen molar-refractivity contribution < 1.29 is 4.74 Å². The molecule has 484 valence electrons. The van der Waals surface area contributed by atoms with Crippen molar-refractivity contribution in [1.29, 1.82) is 0 Å². The summed E-state index contributed by atoms with van der Waals surface area (Å²) < 4.78 is 7.45. The average molecular weight is 1150 g/mol. The lowest BCUT2D eigenvalue weighted by molar-refractivity contribution is 0.463. The van der Waals surface area contributed by atoms with Gasteiger partial charge in [-0.2, -0.15) is 0 Å². The molecule has 83 heavy (non-hydrogen) atoms. The number of hydrogen-bond donors (Lipinski definition) is 0. The third-order valence-electron chi connectivity index (χ3n) is 19.3. The molecule has 1 heteroatoms. The minimum Gasteiger partial charge on any atom is -0.457 e. The van der Waals surface area contributed by atoms with Crippen molar-refractivity contribution >= 4 is 0 Å². The maximum absolute atomic E-state index is 7.45. The number of rotatable bonds is 67. The molecule has 0 radical (unpaired) electrons. The third-order valence-corrected chi connectivity index (χ3v) is 19.3. The van der Waals surface area contributed by atoms with E-state index in [1.807, 2.05) is 0 Å². The number of benzene rings is 2. The predicted octanol–water partition coefficient (Wildman–Crippen LogP) is 29.7. The summed E-state index contributed by atoms with van der Waals surface area (Å²) in [7, 11) is 0. The fourth-order valence-electron chi connectivity index (χ4n) is 13.6. The maximum Gasteiger partial charge on any atom is 0.130 e. The Kier molecular flexibility index (Phi) is 57.6. The van der Waals surface area contributed by atoms with Gasteiger partial charge in [0.05, 0.1) is 0 Å². The van der Waals surface area contributed by atoms with E-state index in [9.17, 15) is 0 Å². The van der Waals surface area contributed by atoms with Gasteiger partial charge in [-0.25, -0.2) is 0 Å². The third kappa shape index (κ3) is 47.0. The van der Waals surface area contributed by atoms with Crippen LogP contribution in [0.3, 0.4) is 0 Å². The van der Waals surface area contributed by atoms with E-state index in [2.05, 4.69) is 65.0 Å². The number of unbranched alkanes of at least 4 members (excludes halogenated alkanes) is 55. The van der Waals surface area contributed by atoms with E-state index in [0.717, 1.165) is 12.2 Å². The first kappa shape index (κ1) is 77.3. The molecule has 0 spiro atoms. The standard InChI is InChI=1S/C82H150O/c1-6-11-16-21-26-31-36-41-46-51-56-61-66-76-71-73-81(78(75-76)68-63-58-53-48-43-38-33-28-23-18-13-8-3)83-82-74-72-77(67-62-57-52-47-42-37-32-27-22-17-12-7-2)79(69-64-59-54-49-44-39-34-29-24-19-14-9-4)80(82)70-65-60-55-50-45-40-35-30-25-20-15-10-5/h71-75H,6-70H2,1-5H3. The van der Waals surface area contributed by atoms with Crippen LogP contribution >= 0.6 is 0 Å². The van der Waals surface area contributed by atoms with Crippen LogP contribution < -0.4 is 4.74 Å². The zero-order valence-electron chi connectivity index (χ0n) is 57.8. The van der Waals surface area contributed by atoms with Crippen LogP contribution in [-0.2, 0) is 32.1 Å². The fourth-order valence-corrected chi connectivity index (χ4v) is 13.6. The second-order valence-electron chi connectivity index (χ2n) is 27.4. The maximum atomic E-state index is 7.45. The van der Waals surface area contributed by atoms with Crippen LogP contribution in [0.4, 0.5) is 0 Å². The van der Waals surface area contributed by atoms with Gasteiger partial charge in [0.1, 0.15) is 11.5 Å². The van der Waals surface area contributed by atoms with E-state index in [1.165, 1.54) is 422 Å². The van der Waals surface area contributed by atoms with E-state index in [0.29, 0.717) is 0 Å². The fraction of sp³-hybridized carbons (Fsp3) is 0.854. The van der Waals surface area contributed by atoms with Gasteiger partial charge in [-0.1, -0.05) is 406 Å². The van der Waals surface area contributed by atoms with Gasteiger partial charge in [0, 0.05) is 0 Å². The SMILES string of the molecule is CCCCCCCCCCCCCCc1ccc(Oc2ccc(CCCCCCCCCCCCCC)c(CCCCCCCCCCCCCC)c2CCCCCCCCCCCCCC)c(CCCCCCCCCCCCCC)c1. The Hall–Kier alpha value is -1.76. The van der Waals surface area contributed by atoms with Crippen LogP contribution in [0.1, 0.15) is 448 Å². The summed E-state index contributed by atoms with van der Waals surface area (Å²) >= 11 is 0. The van der Waals surface area contributed by atoms with Crippen molar-refractivity contribution in [2.24, 2.45) is 0 Å². The minimum atomic E-state index is 1.15. The van der Waals surface area contributed by atoms with Gasteiger partial charge in [-0.3, -0.25) is 0 Å². The van der Waals surface area contributed by atoms with Gasteiger partial charge in [-0.15, -0.1) is 0 Å². The summed E-state index contributed by atoms with van der Waals surface area (Å²) in [5, 5.41) is 0. The lowest BCUT2D eigenvalue weighted by Crippen LogP contribution is -2.06. The van der Waals surface area contributed by atoms with Crippen molar-refractivity contribution in [3.05, 3.63) is 58.1 Å². The zero-order chi connectivity index (χ0) is 59.2. The second kappa shape index (κ2) is 61.9. The van der Waals surface area contributed by atoms with Gasteiger partial charge in [-0.05, 0) is 104 Å². The van der Waals surface area contributed by atoms with Crippen molar-refractivity contribution in [1.82, 2.24) is 0 Å². The van der Waals surface area contributed by atoms with Gasteiger partial charge < -0.3 is 4.74 Å². The summed E-state index contributed by atoms with van der Waals surface area (Å²) in [4.78, 5) is 0. The summed E-state index contributed by atoms with van der Waals surface area (Å²) in [5.74, 6) is 2.36. The number of hydrogen-bond acceptors (Lipinski definition) is 1. The normalized spacial score (nSPS) is 11.7. The van der Waals surface area contributed by atoms with Gasteiger partial charge in [0.15, 0.2) is 0 Å². The first-order valence-electron chi connectivity index (χ1n) is 39.1. The lowest BCUT2D eigenvalue weighted by Gasteiger charge is -2.21. The van der Waals surface area contributed by atoms with E-state index >= 15 is 0 Å². The summed E-state index contributed by atoms with van der Waals surface area (Å²) in [6, 6.07) is 12.5. The first-order chi connectivity index (χ1) is 41.2. The van der Waals surface area contributed by atoms with Crippen LogP contribution in [0.25, 0.3) is 0 Å². The highest BCUT2D eigenvalue weighted by Gasteiger charge is 2.18. The highest BCUT2D eigenvalue weighted by molar-refractivity contribution is 5.49. The largest absolute Gasteiger partial charge is 0.457 e. The molecule has 0 saturated carbocycles. The van der Waals surface area contributed by atoms with Gasteiger partial charge >= 0.3 is 0 Å². The van der Waals surface area contributed by atoms with Crippen molar-refractivity contribution in [2.75, 3.05) is 0 Å². The quantitative estimate of drug-likeness (QED) is 0.0600. The Morgan fingerprint density at radius 2 is 0.422 bits per heavy atom. The van der Waals surface area contributed by atoms with Crippen molar-refractivity contribution in [2.45, 2.75) is 452 Å². The molecule has 0 aliphatic carbocycles. The molecule has 2 aromatic rings. The molecular formula is C82H150O. The Bertz CT molecular complexity index is 1600. The van der Waals surface area contributed by atoms with Crippen LogP contribution in [0, 0.1) is 0 Å². The molecule has 0 heterocycles. The van der Waals surface area contributed by atoms with E-state index < -0.39 is 0 Å².